The number of cyclic esters (lactones) is 1. The number of aliphatic hydroxyl groups is 1. The smallest absolute Gasteiger partial charge is 0.415 e. The average molecular weight is 400 g/mol. The predicted molar refractivity (Wildman–Crippen MR) is 97.2 cm³/mol. The van der Waals surface area contributed by atoms with E-state index < -0.39 is 41.7 Å². The molecule has 146 valence electrons. The lowest BCUT2D eigenvalue weighted by atomic mass is 10.2. The van der Waals surface area contributed by atoms with Gasteiger partial charge in [-0.3, -0.25) is 14.7 Å². The Morgan fingerprint density at radius 3 is 2.67 bits per heavy atom. The van der Waals surface area contributed by atoms with Crippen LogP contribution in [-0.4, -0.2) is 67.4 Å². The summed E-state index contributed by atoms with van der Waals surface area (Å²) in [5.41, 5.74) is -0.474. The number of likely N-dealkylation sites (N-methyl/N-ethyl adjacent to an activating group) is 1. The maximum Gasteiger partial charge on any atom is 0.415 e. The number of aliphatic hydroxyl groups excluding tert-OH is 1. The number of nitrogens with one attached hydrogen (secondary N) is 1. The van der Waals surface area contributed by atoms with Gasteiger partial charge in [0, 0.05) is 38.5 Å². The first kappa shape index (κ1) is 19.4. The minimum Gasteiger partial charge on any atom is -0.434 e. The van der Waals surface area contributed by atoms with Crippen LogP contribution in [0.5, 0.6) is 0 Å². The number of aliphatic imine (C=N–C) groups is 1. The maximum absolute atomic E-state index is 14.7. The van der Waals surface area contributed by atoms with Crippen LogP contribution in [0.4, 0.5) is 25.0 Å². The lowest BCUT2D eigenvalue weighted by Gasteiger charge is -2.34. The minimum atomic E-state index is -1.25. The zero-order chi connectivity index (χ0) is 19.7. The van der Waals surface area contributed by atoms with Crippen LogP contribution in [0.1, 0.15) is 0 Å². The van der Waals surface area contributed by atoms with Crippen molar-refractivity contribution in [3.63, 3.8) is 0 Å². The van der Waals surface area contributed by atoms with E-state index in [0.717, 1.165) is 17.0 Å². The fourth-order valence-corrected chi connectivity index (χ4v) is 3.85. The SMILES string of the molecule is C/N=C1/SCCN(c2c(F)cc(N3C[C@H](C(=O)NC)OC3=O)cc2F)C1O. The van der Waals surface area contributed by atoms with Crippen LogP contribution in [0.15, 0.2) is 17.1 Å². The molecule has 0 aliphatic carbocycles. The van der Waals surface area contributed by atoms with Crippen molar-refractivity contribution >= 4 is 40.2 Å². The molecule has 0 bridgehead atoms. The highest BCUT2D eigenvalue weighted by Gasteiger charge is 2.38. The van der Waals surface area contributed by atoms with E-state index in [0.29, 0.717) is 10.8 Å². The fourth-order valence-electron chi connectivity index (χ4n) is 2.95. The van der Waals surface area contributed by atoms with E-state index in [2.05, 4.69) is 10.3 Å². The largest absolute Gasteiger partial charge is 0.434 e. The number of ether oxygens (including phenoxy) is 1. The van der Waals surface area contributed by atoms with Gasteiger partial charge in [-0.25, -0.2) is 13.6 Å². The normalized spacial score (nSPS) is 24.3. The number of halogens is 2. The van der Waals surface area contributed by atoms with Gasteiger partial charge in [0.25, 0.3) is 5.91 Å². The molecule has 2 fully saturated rings. The van der Waals surface area contributed by atoms with E-state index in [4.69, 9.17) is 4.74 Å². The van der Waals surface area contributed by atoms with Gasteiger partial charge in [-0.1, -0.05) is 0 Å². The topological polar surface area (TPSA) is 94.5 Å². The van der Waals surface area contributed by atoms with Crippen molar-refractivity contribution < 1.29 is 28.2 Å². The van der Waals surface area contributed by atoms with E-state index in [1.54, 1.807) is 0 Å². The molecule has 2 saturated heterocycles. The minimum absolute atomic E-state index is 0.0737. The molecule has 8 nitrogen and oxygen atoms in total. The molecule has 2 aliphatic heterocycles. The zero-order valence-corrected chi connectivity index (χ0v) is 15.4. The number of carbonyl (C=O) groups is 2. The molecule has 0 radical (unpaired) electrons. The van der Waals surface area contributed by atoms with Gasteiger partial charge < -0.3 is 20.1 Å². The van der Waals surface area contributed by atoms with Gasteiger partial charge in [0.2, 0.25) is 0 Å². The molecule has 11 heteroatoms. The average Bonchev–Trinajstić information content (AvgIpc) is 3.03. The Morgan fingerprint density at radius 2 is 2.07 bits per heavy atom. The highest BCUT2D eigenvalue weighted by molar-refractivity contribution is 8.14. The Labute approximate surface area is 158 Å². The molecule has 2 heterocycles. The molecule has 1 unspecified atom stereocenters. The van der Waals surface area contributed by atoms with Gasteiger partial charge in [0.1, 0.15) is 10.7 Å². The van der Waals surface area contributed by atoms with Gasteiger partial charge in [-0.05, 0) is 0 Å². The van der Waals surface area contributed by atoms with Crippen molar-refractivity contribution in [3.8, 4) is 0 Å². The second kappa shape index (κ2) is 7.69. The third-order valence-corrected chi connectivity index (χ3v) is 5.35. The van der Waals surface area contributed by atoms with Gasteiger partial charge in [-0.15, -0.1) is 11.8 Å². The van der Waals surface area contributed by atoms with Gasteiger partial charge in [0.05, 0.1) is 12.2 Å². The van der Waals surface area contributed by atoms with Crippen molar-refractivity contribution in [2.45, 2.75) is 12.3 Å². The van der Waals surface area contributed by atoms with Crippen LogP contribution in [0.25, 0.3) is 0 Å². The summed E-state index contributed by atoms with van der Waals surface area (Å²) in [4.78, 5) is 29.7. The summed E-state index contributed by atoms with van der Waals surface area (Å²) in [6.45, 7) is 0.0644. The standard InChI is InChI=1S/C16H18F2N4O4S/c1-19-13(23)11-7-22(16(25)26-11)8-5-9(17)12(10(18)6-8)21-3-4-27-14(20-2)15(21)24/h5-6,11,15,24H,3-4,7H2,1-2H3,(H,19,23)/b20-14+/t11-,15?/m1/s1. The Bertz CT molecular complexity index is 784. The molecule has 0 saturated carbocycles. The number of rotatable bonds is 3. The number of carbonyl (C=O) groups excluding carboxylic acids is 2. The Morgan fingerprint density at radius 1 is 1.41 bits per heavy atom. The fraction of sp³-hybridized carbons (Fsp3) is 0.438. The third kappa shape index (κ3) is 3.56. The lowest BCUT2D eigenvalue weighted by Crippen LogP contribution is -2.46. The monoisotopic (exact) mass is 400 g/mol. The van der Waals surface area contributed by atoms with E-state index in [1.807, 2.05) is 0 Å². The molecule has 1 aromatic carbocycles. The Hall–Kier alpha value is -2.40. The Kier molecular flexibility index (Phi) is 5.51. The molecule has 2 amide bonds. The molecular formula is C16H18F2N4O4S. The van der Waals surface area contributed by atoms with Gasteiger partial charge in [-0.2, -0.15) is 0 Å². The first-order chi connectivity index (χ1) is 12.9. The second-order valence-electron chi connectivity index (χ2n) is 5.83. The summed E-state index contributed by atoms with van der Waals surface area (Å²) in [6, 6.07) is 1.95. The highest BCUT2D eigenvalue weighted by Crippen LogP contribution is 2.34. The second-order valence-corrected chi connectivity index (χ2v) is 6.95. The molecule has 0 aromatic heterocycles. The predicted octanol–water partition coefficient (Wildman–Crippen LogP) is 0.936. The number of hydrogen-bond acceptors (Lipinski definition) is 7. The molecule has 2 N–H and O–H groups in total. The van der Waals surface area contributed by atoms with Crippen LogP contribution >= 0.6 is 11.8 Å². The van der Waals surface area contributed by atoms with Crippen molar-refractivity contribution in [1.82, 2.24) is 5.32 Å². The number of hydrogen-bond donors (Lipinski definition) is 2. The van der Waals surface area contributed by atoms with Crippen LogP contribution in [0.2, 0.25) is 0 Å². The van der Waals surface area contributed by atoms with Gasteiger partial charge >= 0.3 is 6.09 Å². The van der Waals surface area contributed by atoms with Crippen LogP contribution in [-0.2, 0) is 9.53 Å². The summed E-state index contributed by atoms with van der Waals surface area (Å²) < 4.78 is 34.3. The third-order valence-electron chi connectivity index (χ3n) is 4.27. The van der Waals surface area contributed by atoms with Crippen molar-refractivity contribution in [2.75, 3.05) is 42.7 Å². The Balaban J connectivity index is 1.90. The van der Waals surface area contributed by atoms with Crippen LogP contribution in [0, 0.1) is 11.6 Å². The number of amides is 2. The molecule has 1 aromatic rings. The van der Waals surface area contributed by atoms with Crippen molar-refractivity contribution in [2.24, 2.45) is 4.99 Å². The number of thioether (sulfide) groups is 1. The van der Waals surface area contributed by atoms with E-state index in [-0.39, 0.29) is 18.8 Å². The van der Waals surface area contributed by atoms with Crippen LogP contribution < -0.4 is 15.1 Å². The van der Waals surface area contributed by atoms with Gasteiger partial charge in [0.15, 0.2) is 24.0 Å². The quantitative estimate of drug-likeness (QED) is 0.784. The summed E-state index contributed by atoms with van der Waals surface area (Å²) in [7, 11) is 2.88. The lowest BCUT2D eigenvalue weighted by molar-refractivity contribution is -0.127. The molecule has 27 heavy (non-hydrogen) atoms. The molecule has 2 atom stereocenters. The van der Waals surface area contributed by atoms with Crippen molar-refractivity contribution in [3.05, 3.63) is 23.8 Å². The number of benzene rings is 1. The maximum atomic E-state index is 14.7. The van der Waals surface area contributed by atoms with E-state index >= 15 is 0 Å². The zero-order valence-electron chi connectivity index (χ0n) is 14.6. The number of anilines is 2. The first-order valence-corrected chi connectivity index (χ1v) is 9.09. The van der Waals surface area contributed by atoms with Crippen LogP contribution in [0.3, 0.4) is 0 Å². The summed E-state index contributed by atoms with van der Waals surface area (Å²) in [5, 5.41) is 13.0. The number of nitrogens with zero attached hydrogens (tertiary/aromatic N) is 3. The molecule has 2 aliphatic rings. The molecular weight excluding hydrogens is 382 g/mol. The van der Waals surface area contributed by atoms with Crippen molar-refractivity contribution in [1.29, 1.82) is 0 Å². The highest BCUT2D eigenvalue weighted by atomic mass is 32.2. The summed E-state index contributed by atoms with van der Waals surface area (Å²) in [5.74, 6) is -1.88. The summed E-state index contributed by atoms with van der Waals surface area (Å²) in [6.07, 6.45) is -3.18. The summed E-state index contributed by atoms with van der Waals surface area (Å²) >= 11 is 1.32. The molecule has 0 spiro atoms. The van der Waals surface area contributed by atoms with E-state index in [9.17, 15) is 23.5 Å². The molecule has 3 rings (SSSR count). The first-order valence-electron chi connectivity index (χ1n) is 8.10. The van der Waals surface area contributed by atoms with E-state index in [1.165, 1.54) is 30.8 Å².